The molecule has 4 rings (SSSR count). The summed E-state index contributed by atoms with van der Waals surface area (Å²) in [4.78, 5) is 11.2. The van der Waals surface area contributed by atoms with Gasteiger partial charge in [0.1, 0.15) is 0 Å². The molecule has 1 aliphatic rings. The van der Waals surface area contributed by atoms with Crippen LogP contribution in [0.2, 0.25) is 0 Å². The van der Waals surface area contributed by atoms with Gasteiger partial charge >= 0.3 is 0 Å². The number of likely N-dealkylation sites (tertiary alicyclic amines) is 1. The van der Waals surface area contributed by atoms with E-state index in [1.807, 2.05) is 38.2 Å². The lowest BCUT2D eigenvalue weighted by Gasteiger charge is -2.14. The van der Waals surface area contributed by atoms with Crippen LogP contribution in [0.1, 0.15) is 55.6 Å². The van der Waals surface area contributed by atoms with E-state index in [9.17, 15) is 0 Å². The fourth-order valence-corrected chi connectivity index (χ4v) is 3.56. The van der Waals surface area contributed by atoms with E-state index in [1.165, 1.54) is 32.5 Å². The Morgan fingerprint density at radius 2 is 1.97 bits per heavy atom. The van der Waals surface area contributed by atoms with Crippen LogP contribution in [0.5, 0.6) is 0 Å². The van der Waals surface area contributed by atoms with Crippen molar-refractivity contribution in [3.8, 4) is 11.8 Å². The zero-order valence-corrected chi connectivity index (χ0v) is 19.1. The predicted octanol–water partition coefficient (Wildman–Crippen LogP) is 4.74. The van der Waals surface area contributed by atoms with Crippen LogP contribution < -0.4 is 5.32 Å². The Bertz CT molecular complexity index is 1020. The predicted molar refractivity (Wildman–Crippen MR) is 131 cm³/mol. The summed E-state index contributed by atoms with van der Waals surface area (Å²) in [5.74, 6) is 6.22. The van der Waals surface area contributed by atoms with E-state index in [1.54, 1.807) is 18.6 Å². The third kappa shape index (κ3) is 6.79. The molecule has 6 nitrogen and oxygen atoms in total. The van der Waals surface area contributed by atoms with Gasteiger partial charge in [0, 0.05) is 23.7 Å². The second-order valence-electron chi connectivity index (χ2n) is 7.44. The SMILES string of the molecule is C=C(Nc1ccc(CCCN2CCCC2)nc1)c1[nH]ncc1C#Cc1cccnc1.CC. The average molecular weight is 429 g/mol. The monoisotopic (exact) mass is 428 g/mol. The maximum Gasteiger partial charge on any atom is 0.0963 e. The molecule has 1 aliphatic heterocycles. The normalized spacial score (nSPS) is 12.9. The van der Waals surface area contributed by atoms with Crippen LogP contribution in [0.4, 0.5) is 5.69 Å². The van der Waals surface area contributed by atoms with Crippen molar-refractivity contribution in [2.24, 2.45) is 0 Å². The van der Waals surface area contributed by atoms with Crippen molar-refractivity contribution in [1.29, 1.82) is 0 Å². The number of nitrogens with zero attached hydrogens (tertiary/aromatic N) is 4. The molecular formula is C26H32N6. The lowest BCUT2D eigenvalue weighted by molar-refractivity contribution is 0.333. The van der Waals surface area contributed by atoms with Crippen LogP contribution in [0.25, 0.3) is 5.70 Å². The summed E-state index contributed by atoms with van der Waals surface area (Å²) in [6, 6.07) is 7.91. The topological polar surface area (TPSA) is 69.7 Å². The molecule has 6 heteroatoms. The molecule has 0 aromatic carbocycles. The van der Waals surface area contributed by atoms with E-state index < -0.39 is 0 Å². The van der Waals surface area contributed by atoms with Crippen LogP contribution in [0, 0.1) is 11.8 Å². The molecule has 3 aromatic heterocycles. The third-order valence-electron chi connectivity index (χ3n) is 5.17. The second-order valence-corrected chi connectivity index (χ2v) is 7.44. The highest BCUT2D eigenvalue weighted by Gasteiger charge is 2.11. The van der Waals surface area contributed by atoms with Crippen molar-refractivity contribution in [3.63, 3.8) is 0 Å². The number of aromatic nitrogens is 4. The van der Waals surface area contributed by atoms with Crippen LogP contribution in [0.15, 0.2) is 55.6 Å². The summed E-state index contributed by atoms with van der Waals surface area (Å²) in [5.41, 5.74) is 5.11. The highest BCUT2D eigenvalue weighted by Crippen LogP contribution is 2.18. The summed E-state index contributed by atoms with van der Waals surface area (Å²) < 4.78 is 0. The molecule has 3 aromatic rings. The smallest absolute Gasteiger partial charge is 0.0963 e. The van der Waals surface area contributed by atoms with Gasteiger partial charge in [0.05, 0.1) is 35.0 Å². The van der Waals surface area contributed by atoms with Crippen LogP contribution in [-0.4, -0.2) is 44.7 Å². The third-order valence-corrected chi connectivity index (χ3v) is 5.17. The molecular weight excluding hydrogens is 396 g/mol. The average Bonchev–Trinajstić information content (AvgIpc) is 3.53. The van der Waals surface area contributed by atoms with Crippen molar-refractivity contribution in [3.05, 3.63) is 78.1 Å². The van der Waals surface area contributed by atoms with Gasteiger partial charge in [-0.05, 0) is 69.6 Å². The number of anilines is 1. The first-order valence-electron chi connectivity index (χ1n) is 11.4. The number of H-pyrrole nitrogens is 1. The maximum atomic E-state index is 4.59. The van der Waals surface area contributed by atoms with Gasteiger partial charge in [-0.25, -0.2) is 0 Å². The van der Waals surface area contributed by atoms with E-state index >= 15 is 0 Å². The first kappa shape index (κ1) is 23.2. The number of rotatable bonds is 7. The number of nitrogens with one attached hydrogen (secondary N) is 2. The summed E-state index contributed by atoms with van der Waals surface area (Å²) in [6.45, 7) is 11.8. The molecule has 0 spiro atoms. The zero-order chi connectivity index (χ0) is 22.6. The first-order valence-corrected chi connectivity index (χ1v) is 11.4. The van der Waals surface area contributed by atoms with Gasteiger partial charge < -0.3 is 10.2 Å². The quantitative estimate of drug-likeness (QED) is 0.532. The van der Waals surface area contributed by atoms with Gasteiger partial charge in [0.2, 0.25) is 0 Å². The van der Waals surface area contributed by atoms with E-state index in [4.69, 9.17) is 0 Å². The first-order chi connectivity index (χ1) is 15.8. The Balaban J connectivity index is 0.00000141. The van der Waals surface area contributed by atoms with Crippen molar-refractivity contribution >= 4 is 11.4 Å². The lowest BCUT2D eigenvalue weighted by Crippen LogP contribution is -2.20. The number of hydrogen-bond acceptors (Lipinski definition) is 5. The summed E-state index contributed by atoms with van der Waals surface area (Å²) >= 11 is 0. The largest absolute Gasteiger partial charge is 0.353 e. The van der Waals surface area contributed by atoms with E-state index in [0.29, 0.717) is 5.70 Å². The van der Waals surface area contributed by atoms with Crippen molar-refractivity contribution < 1.29 is 0 Å². The van der Waals surface area contributed by atoms with Crippen LogP contribution >= 0.6 is 0 Å². The van der Waals surface area contributed by atoms with Gasteiger partial charge in [-0.2, -0.15) is 5.10 Å². The van der Waals surface area contributed by atoms with Crippen LogP contribution in [0.3, 0.4) is 0 Å². The molecule has 4 heterocycles. The van der Waals surface area contributed by atoms with Gasteiger partial charge in [-0.1, -0.05) is 32.3 Å². The molecule has 0 aliphatic carbocycles. The standard InChI is InChI=1S/C24H26N6.C2H6/c1-19(24-21(17-27-29-24)9-8-20-6-4-12-25-16-20)28-23-11-10-22(26-18-23)7-5-15-30-13-2-3-14-30;1-2/h4,6,10-12,16-18,28H,1-3,5,7,13-15H2,(H,27,29);1-2H3. The minimum absolute atomic E-state index is 0.701. The zero-order valence-electron chi connectivity index (χ0n) is 19.1. The number of aryl methyl sites for hydroxylation is 1. The molecule has 1 fully saturated rings. The van der Waals surface area contributed by atoms with Crippen molar-refractivity contribution in [2.45, 2.75) is 39.5 Å². The molecule has 0 saturated carbocycles. The minimum Gasteiger partial charge on any atom is -0.353 e. The molecule has 0 atom stereocenters. The maximum absolute atomic E-state index is 4.59. The van der Waals surface area contributed by atoms with Gasteiger partial charge in [-0.15, -0.1) is 0 Å². The molecule has 0 unspecified atom stereocenters. The summed E-state index contributed by atoms with van der Waals surface area (Å²) in [7, 11) is 0. The van der Waals surface area contributed by atoms with Gasteiger partial charge in [-0.3, -0.25) is 15.1 Å². The number of hydrogen-bond donors (Lipinski definition) is 2. The van der Waals surface area contributed by atoms with Crippen LogP contribution in [-0.2, 0) is 6.42 Å². The lowest BCUT2D eigenvalue weighted by atomic mass is 10.2. The fraction of sp³-hybridized carbons (Fsp3) is 0.346. The highest BCUT2D eigenvalue weighted by molar-refractivity contribution is 5.76. The highest BCUT2D eigenvalue weighted by atomic mass is 15.1. The van der Waals surface area contributed by atoms with E-state index in [2.05, 4.69) is 54.9 Å². The summed E-state index contributed by atoms with van der Waals surface area (Å²) in [6.07, 6.45) is 11.9. The van der Waals surface area contributed by atoms with Crippen molar-refractivity contribution in [1.82, 2.24) is 25.1 Å². The second kappa shape index (κ2) is 12.4. The molecule has 0 radical (unpaired) electrons. The van der Waals surface area contributed by atoms with E-state index in [0.717, 1.165) is 41.0 Å². The molecule has 0 amide bonds. The van der Waals surface area contributed by atoms with Gasteiger partial charge in [0.25, 0.3) is 0 Å². The van der Waals surface area contributed by atoms with Crippen molar-refractivity contribution in [2.75, 3.05) is 25.0 Å². The van der Waals surface area contributed by atoms with Gasteiger partial charge in [0.15, 0.2) is 0 Å². The molecule has 2 N–H and O–H groups in total. The number of aromatic amines is 1. The number of pyridine rings is 2. The molecule has 166 valence electrons. The Morgan fingerprint density at radius 3 is 2.69 bits per heavy atom. The molecule has 1 saturated heterocycles. The fourth-order valence-electron chi connectivity index (χ4n) is 3.56. The van der Waals surface area contributed by atoms with E-state index in [-0.39, 0.29) is 0 Å². The molecule has 0 bridgehead atoms. The Hall–Kier alpha value is -3.43. The Morgan fingerprint density at radius 1 is 1.12 bits per heavy atom. The Kier molecular flexibility index (Phi) is 9.03. The summed E-state index contributed by atoms with van der Waals surface area (Å²) in [5, 5.41) is 10.4. The Labute approximate surface area is 191 Å². The minimum atomic E-state index is 0.701. The molecule has 32 heavy (non-hydrogen) atoms.